The predicted molar refractivity (Wildman–Crippen MR) is 113 cm³/mol. The highest BCUT2D eigenvalue weighted by molar-refractivity contribution is 7.89. The van der Waals surface area contributed by atoms with Gasteiger partial charge in [-0.2, -0.15) is 8.42 Å². The molecule has 12 heteroatoms. The van der Waals surface area contributed by atoms with Crippen molar-refractivity contribution in [3.05, 3.63) is 41.9 Å². The number of hydrogen-bond acceptors (Lipinski definition) is 8. The van der Waals surface area contributed by atoms with Crippen molar-refractivity contribution in [3.8, 4) is 5.75 Å². The first-order valence-electron chi connectivity index (χ1n) is 8.97. The Kier molecular flexibility index (Phi) is 5.69. The SMILES string of the molecule is CCC(NC1=NS(=O)(=O)N=C1Nc1cccc(C(=O)N(C)C)c1O)c1cc(N)co1. The molecule has 1 atom stereocenters. The van der Waals surface area contributed by atoms with E-state index in [1.54, 1.807) is 26.2 Å². The lowest BCUT2D eigenvalue weighted by atomic mass is 10.1. The average molecular weight is 434 g/mol. The molecule has 0 saturated carbocycles. The zero-order valence-corrected chi connectivity index (χ0v) is 17.4. The second kappa shape index (κ2) is 8.06. The number of nitrogens with zero attached hydrogens (tertiary/aromatic N) is 3. The van der Waals surface area contributed by atoms with E-state index in [9.17, 15) is 18.3 Å². The number of carbonyl (C=O) groups excluding carboxylic acids is 1. The molecule has 5 N–H and O–H groups in total. The molecule has 0 radical (unpaired) electrons. The van der Waals surface area contributed by atoms with Crippen molar-refractivity contribution in [2.75, 3.05) is 25.1 Å². The topological polar surface area (TPSA) is 163 Å². The van der Waals surface area contributed by atoms with Crippen LogP contribution in [0.25, 0.3) is 0 Å². The maximum atomic E-state index is 12.2. The third-order valence-electron chi connectivity index (χ3n) is 4.27. The molecule has 0 saturated heterocycles. The van der Waals surface area contributed by atoms with E-state index >= 15 is 0 Å². The van der Waals surface area contributed by atoms with Gasteiger partial charge in [-0.05, 0) is 18.6 Å². The van der Waals surface area contributed by atoms with E-state index in [4.69, 9.17) is 10.2 Å². The summed E-state index contributed by atoms with van der Waals surface area (Å²) < 4.78 is 36.5. The van der Waals surface area contributed by atoms with Crippen LogP contribution in [-0.2, 0) is 10.2 Å². The van der Waals surface area contributed by atoms with Gasteiger partial charge < -0.3 is 30.8 Å². The maximum Gasteiger partial charge on any atom is 0.367 e. The number of phenolic OH excluding ortho intramolecular Hbond substituents is 1. The fourth-order valence-corrected chi connectivity index (χ4v) is 3.56. The van der Waals surface area contributed by atoms with Crippen LogP contribution >= 0.6 is 0 Å². The van der Waals surface area contributed by atoms with Crippen LogP contribution in [0.2, 0.25) is 0 Å². The number of nitrogens with one attached hydrogen (secondary N) is 2. The van der Waals surface area contributed by atoms with Crippen LogP contribution in [0, 0.1) is 0 Å². The fraction of sp³-hybridized carbons (Fsp3) is 0.278. The van der Waals surface area contributed by atoms with Crippen molar-refractivity contribution in [2.45, 2.75) is 19.4 Å². The fourth-order valence-electron chi connectivity index (χ4n) is 2.79. The number of nitrogens with two attached hydrogens (primary N) is 1. The molecular weight excluding hydrogens is 412 g/mol. The van der Waals surface area contributed by atoms with E-state index in [1.165, 1.54) is 23.3 Å². The number of carbonyl (C=O) groups is 1. The Bertz CT molecular complexity index is 1140. The first-order valence-corrected chi connectivity index (χ1v) is 10.4. The standard InChI is InChI=1S/C18H22N6O5S/c1-4-12(14-8-10(19)9-29-14)20-16-17(23-30(27,28)22-16)21-13-7-5-6-11(15(13)25)18(26)24(2)3/h5-9,12,25H,4,19H2,1-3H3,(H,20,22)(H,21,23). The zero-order chi connectivity index (χ0) is 22.1. The van der Waals surface area contributed by atoms with Crippen molar-refractivity contribution < 1.29 is 22.7 Å². The van der Waals surface area contributed by atoms with Crippen LogP contribution in [0.1, 0.15) is 35.5 Å². The van der Waals surface area contributed by atoms with Crippen LogP contribution in [0.15, 0.2) is 43.7 Å². The number of phenols is 1. The van der Waals surface area contributed by atoms with Crippen molar-refractivity contribution in [1.29, 1.82) is 0 Å². The number of amidine groups is 2. The van der Waals surface area contributed by atoms with Gasteiger partial charge in [0.15, 0.2) is 17.4 Å². The lowest BCUT2D eigenvalue weighted by Gasteiger charge is -2.18. The summed E-state index contributed by atoms with van der Waals surface area (Å²) in [6.07, 6.45) is 1.92. The minimum Gasteiger partial charge on any atom is -0.505 e. The Morgan fingerprint density at radius 2 is 2.00 bits per heavy atom. The smallest absolute Gasteiger partial charge is 0.367 e. The Balaban J connectivity index is 1.89. The van der Waals surface area contributed by atoms with Gasteiger partial charge in [0, 0.05) is 20.2 Å². The summed E-state index contributed by atoms with van der Waals surface area (Å²) >= 11 is 0. The van der Waals surface area contributed by atoms with Crippen LogP contribution in [0.5, 0.6) is 5.75 Å². The van der Waals surface area contributed by atoms with E-state index in [0.717, 1.165) is 0 Å². The number of benzene rings is 1. The van der Waals surface area contributed by atoms with Gasteiger partial charge >= 0.3 is 10.2 Å². The number of furan rings is 1. The summed E-state index contributed by atoms with van der Waals surface area (Å²) in [4.78, 5) is 13.5. The lowest BCUT2D eigenvalue weighted by molar-refractivity contribution is 0.0824. The molecule has 0 spiro atoms. The molecule has 1 aliphatic heterocycles. The van der Waals surface area contributed by atoms with Gasteiger partial charge in [0.25, 0.3) is 5.91 Å². The lowest BCUT2D eigenvalue weighted by Crippen LogP contribution is -2.36. The first kappa shape index (κ1) is 21.2. The third kappa shape index (κ3) is 4.38. The number of amides is 1. The Morgan fingerprint density at radius 3 is 2.60 bits per heavy atom. The molecule has 2 heterocycles. The molecule has 160 valence electrons. The Morgan fingerprint density at radius 1 is 1.30 bits per heavy atom. The summed E-state index contributed by atoms with van der Waals surface area (Å²) in [6.45, 7) is 1.87. The van der Waals surface area contributed by atoms with Crippen molar-refractivity contribution >= 4 is 39.2 Å². The number of aromatic hydroxyl groups is 1. The summed E-state index contributed by atoms with van der Waals surface area (Å²) in [5.41, 5.74) is 6.27. The molecule has 11 nitrogen and oxygen atoms in total. The molecular formula is C18H22N6O5S. The molecule has 30 heavy (non-hydrogen) atoms. The van der Waals surface area contributed by atoms with Gasteiger partial charge in [0.2, 0.25) is 0 Å². The largest absolute Gasteiger partial charge is 0.505 e. The van der Waals surface area contributed by atoms with Gasteiger partial charge in [0.05, 0.1) is 23.0 Å². The van der Waals surface area contributed by atoms with Gasteiger partial charge in [-0.3, -0.25) is 4.79 Å². The number of nitrogen functional groups attached to an aromatic ring is 1. The summed E-state index contributed by atoms with van der Waals surface area (Å²) in [5.74, 6) is -0.430. The average Bonchev–Trinajstić information content (AvgIpc) is 3.23. The van der Waals surface area contributed by atoms with Crippen LogP contribution in [0.4, 0.5) is 11.4 Å². The third-order valence-corrected chi connectivity index (χ3v) is 5.09. The second-order valence-corrected chi connectivity index (χ2v) is 8.00. The van der Waals surface area contributed by atoms with Crippen LogP contribution in [-0.4, -0.2) is 50.1 Å². The molecule has 1 aromatic heterocycles. The molecule has 1 aliphatic rings. The minimum atomic E-state index is -4.11. The molecule has 3 rings (SSSR count). The Hall–Kier alpha value is -3.54. The van der Waals surface area contributed by atoms with E-state index in [1.807, 2.05) is 6.92 Å². The monoisotopic (exact) mass is 434 g/mol. The van der Waals surface area contributed by atoms with Gasteiger partial charge in [-0.1, -0.05) is 13.0 Å². The highest BCUT2D eigenvalue weighted by Gasteiger charge is 2.28. The highest BCUT2D eigenvalue weighted by atomic mass is 32.2. The van der Waals surface area contributed by atoms with Gasteiger partial charge in [-0.25, -0.2) is 0 Å². The van der Waals surface area contributed by atoms with Crippen LogP contribution in [0.3, 0.4) is 0 Å². The van der Waals surface area contributed by atoms with E-state index < -0.39 is 22.2 Å². The quantitative estimate of drug-likeness (QED) is 0.514. The van der Waals surface area contributed by atoms with Gasteiger partial charge in [0.1, 0.15) is 12.0 Å². The number of rotatable bonds is 5. The maximum absolute atomic E-state index is 12.2. The molecule has 1 unspecified atom stereocenters. The van der Waals surface area contributed by atoms with Crippen LogP contribution < -0.4 is 16.4 Å². The predicted octanol–water partition coefficient (Wildman–Crippen LogP) is 1.48. The van der Waals surface area contributed by atoms with Crippen molar-refractivity contribution in [3.63, 3.8) is 0 Å². The molecule has 0 aliphatic carbocycles. The molecule has 1 aromatic carbocycles. The number of anilines is 2. The zero-order valence-electron chi connectivity index (χ0n) is 16.6. The second-order valence-electron chi connectivity index (χ2n) is 6.74. The number of para-hydroxylation sites is 1. The Labute approximate surface area is 173 Å². The number of hydrogen-bond donors (Lipinski definition) is 4. The van der Waals surface area contributed by atoms with E-state index in [-0.39, 0.29) is 28.7 Å². The first-order chi connectivity index (χ1) is 14.1. The van der Waals surface area contributed by atoms with E-state index in [0.29, 0.717) is 17.9 Å². The van der Waals surface area contributed by atoms with E-state index in [2.05, 4.69) is 19.4 Å². The molecule has 0 bridgehead atoms. The summed E-state index contributed by atoms with van der Waals surface area (Å²) in [7, 11) is -1.01. The summed E-state index contributed by atoms with van der Waals surface area (Å²) in [5, 5.41) is 16.2. The molecule has 1 amide bonds. The highest BCUT2D eigenvalue weighted by Crippen LogP contribution is 2.29. The van der Waals surface area contributed by atoms with Gasteiger partial charge in [-0.15, -0.1) is 8.80 Å². The normalized spacial score (nSPS) is 15.8. The minimum absolute atomic E-state index is 0.0513. The molecule has 0 fully saturated rings. The van der Waals surface area contributed by atoms with Crippen molar-refractivity contribution in [2.24, 2.45) is 8.80 Å². The van der Waals surface area contributed by atoms with Crippen molar-refractivity contribution in [1.82, 2.24) is 10.2 Å². The summed E-state index contributed by atoms with van der Waals surface area (Å²) in [6, 6.07) is 5.69. The molecule has 2 aromatic rings.